The second kappa shape index (κ2) is 9.80. The fourth-order valence-corrected chi connectivity index (χ4v) is 2.85. The quantitative estimate of drug-likeness (QED) is 0.515. The topological polar surface area (TPSA) is 85.6 Å². The Morgan fingerprint density at radius 3 is 2.89 bits per heavy atom. The van der Waals surface area contributed by atoms with Gasteiger partial charge in [-0.05, 0) is 30.5 Å². The van der Waals surface area contributed by atoms with E-state index in [1.807, 2.05) is 12.1 Å². The Balaban J connectivity index is 1.46. The molecule has 1 aliphatic heterocycles. The number of benzene rings is 1. The lowest BCUT2D eigenvalue weighted by Gasteiger charge is -2.13. The summed E-state index contributed by atoms with van der Waals surface area (Å²) in [4.78, 5) is 4.60. The highest BCUT2D eigenvalue weighted by Gasteiger charge is 2.13. The van der Waals surface area contributed by atoms with E-state index in [4.69, 9.17) is 9.47 Å². The highest BCUT2D eigenvalue weighted by atomic mass is 16.7. The van der Waals surface area contributed by atoms with Crippen molar-refractivity contribution < 1.29 is 9.47 Å². The number of aryl methyl sites for hydroxylation is 1. The van der Waals surface area contributed by atoms with Crippen molar-refractivity contribution in [2.45, 2.75) is 39.7 Å². The van der Waals surface area contributed by atoms with Gasteiger partial charge in [-0.25, -0.2) is 0 Å². The summed E-state index contributed by atoms with van der Waals surface area (Å²) in [5, 5.41) is 14.9. The molecule has 2 N–H and O–H groups in total. The first kappa shape index (κ1) is 19.0. The average molecular weight is 372 g/mol. The molecule has 1 aromatic carbocycles. The Morgan fingerprint density at radius 2 is 2.04 bits per heavy atom. The number of aromatic nitrogens is 3. The number of hydrogen-bond donors (Lipinski definition) is 2. The summed E-state index contributed by atoms with van der Waals surface area (Å²) < 4.78 is 12.9. The number of nitrogens with zero attached hydrogens (tertiary/aromatic N) is 4. The maximum Gasteiger partial charge on any atom is 0.231 e. The van der Waals surface area contributed by atoms with Crippen molar-refractivity contribution in [3.05, 3.63) is 35.9 Å². The first-order valence-electron chi connectivity index (χ1n) is 9.57. The lowest BCUT2D eigenvalue weighted by atomic mass is 10.1. The maximum atomic E-state index is 5.44. The van der Waals surface area contributed by atoms with Gasteiger partial charge in [0.25, 0.3) is 0 Å². The third-order valence-electron chi connectivity index (χ3n) is 4.29. The molecule has 0 saturated carbocycles. The van der Waals surface area contributed by atoms with E-state index in [9.17, 15) is 0 Å². The molecule has 0 amide bonds. The molecule has 0 aliphatic carbocycles. The van der Waals surface area contributed by atoms with Crippen LogP contribution in [-0.2, 0) is 19.4 Å². The zero-order chi connectivity index (χ0) is 18.9. The van der Waals surface area contributed by atoms with E-state index in [0.29, 0.717) is 6.79 Å². The Hall–Kier alpha value is -2.77. The van der Waals surface area contributed by atoms with Crippen molar-refractivity contribution >= 4 is 5.96 Å². The number of rotatable bonds is 9. The van der Waals surface area contributed by atoms with Gasteiger partial charge in [0.05, 0.1) is 0 Å². The van der Waals surface area contributed by atoms with Crippen LogP contribution in [0.15, 0.2) is 29.5 Å². The van der Waals surface area contributed by atoms with Crippen LogP contribution in [0.5, 0.6) is 11.5 Å². The molecule has 1 aromatic heterocycles. The molecular weight excluding hydrogens is 344 g/mol. The second-order valence-electron chi connectivity index (χ2n) is 6.32. The van der Waals surface area contributed by atoms with E-state index in [1.54, 1.807) is 6.33 Å². The zero-order valence-corrected chi connectivity index (χ0v) is 16.1. The van der Waals surface area contributed by atoms with Crippen molar-refractivity contribution in [2.75, 3.05) is 26.4 Å². The standard InChI is InChI=1S/C19H28N6O2/c1-3-8-20-19(22-10-11-25-13-23-24-18(25)4-2)21-9-7-15-5-6-16-17(12-15)27-14-26-16/h5-6,12-13H,3-4,7-11,14H2,1-2H3,(H2,20,21,22). The van der Waals surface area contributed by atoms with E-state index >= 15 is 0 Å². The van der Waals surface area contributed by atoms with E-state index in [-0.39, 0.29) is 0 Å². The molecule has 8 nitrogen and oxygen atoms in total. The molecule has 0 spiro atoms. The Morgan fingerprint density at radius 1 is 1.19 bits per heavy atom. The largest absolute Gasteiger partial charge is 0.454 e. The monoisotopic (exact) mass is 372 g/mol. The fourth-order valence-electron chi connectivity index (χ4n) is 2.85. The van der Waals surface area contributed by atoms with Gasteiger partial charge in [0.1, 0.15) is 12.2 Å². The SMILES string of the molecule is CCCN=C(NCCc1ccc2c(c1)OCO2)NCCn1cnnc1CC. The summed E-state index contributed by atoms with van der Waals surface area (Å²) >= 11 is 0. The van der Waals surface area contributed by atoms with Gasteiger partial charge in [-0.2, -0.15) is 0 Å². The maximum absolute atomic E-state index is 5.44. The molecule has 0 bridgehead atoms. The predicted molar refractivity (Wildman–Crippen MR) is 104 cm³/mol. The molecule has 0 saturated heterocycles. The van der Waals surface area contributed by atoms with Crippen LogP contribution < -0.4 is 20.1 Å². The smallest absolute Gasteiger partial charge is 0.231 e. The van der Waals surface area contributed by atoms with Gasteiger partial charge in [0.2, 0.25) is 6.79 Å². The fraction of sp³-hybridized carbons (Fsp3) is 0.526. The lowest BCUT2D eigenvalue weighted by Crippen LogP contribution is -2.40. The third kappa shape index (κ3) is 5.35. The van der Waals surface area contributed by atoms with Crippen LogP contribution in [0.2, 0.25) is 0 Å². The van der Waals surface area contributed by atoms with Crippen LogP contribution in [0, 0.1) is 0 Å². The predicted octanol–water partition coefficient (Wildman–Crippen LogP) is 1.76. The molecule has 2 heterocycles. The summed E-state index contributed by atoms with van der Waals surface area (Å²) in [6, 6.07) is 6.08. The number of hydrogen-bond acceptors (Lipinski definition) is 5. The van der Waals surface area contributed by atoms with Crippen LogP contribution in [0.1, 0.15) is 31.7 Å². The van der Waals surface area contributed by atoms with Crippen LogP contribution in [0.3, 0.4) is 0 Å². The third-order valence-corrected chi connectivity index (χ3v) is 4.29. The summed E-state index contributed by atoms with van der Waals surface area (Å²) in [5.74, 6) is 3.48. The van der Waals surface area contributed by atoms with Crippen molar-refractivity contribution in [1.29, 1.82) is 0 Å². The number of guanidine groups is 1. The number of fused-ring (bicyclic) bond motifs is 1. The molecule has 0 fully saturated rings. The minimum Gasteiger partial charge on any atom is -0.454 e. The molecule has 0 atom stereocenters. The van der Waals surface area contributed by atoms with Gasteiger partial charge in [-0.3, -0.25) is 4.99 Å². The van der Waals surface area contributed by atoms with Gasteiger partial charge in [-0.1, -0.05) is 19.9 Å². The number of nitrogens with one attached hydrogen (secondary N) is 2. The van der Waals surface area contributed by atoms with Gasteiger partial charge in [0, 0.05) is 32.6 Å². The number of aliphatic imine (C=N–C) groups is 1. The molecule has 27 heavy (non-hydrogen) atoms. The van der Waals surface area contributed by atoms with Crippen LogP contribution in [0.25, 0.3) is 0 Å². The van der Waals surface area contributed by atoms with Gasteiger partial charge < -0.3 is 24.7 Å². The summed E-state index contributed by atoms with van der Waals surface area (Å²) in [6.07, 6.45) is 4.55. The van der Waals surface area contributed by atoms with E-state index in [1.165, 1.54) is 5.56 Å². The minimum atomic E-state index is 0.307. The van der Waals surface area contributed by atoms with Crippen LogP contribution in [0.4, 0.5) is 0 Å². The highest BCUT2D eigenvalue weighted by molar-refractivity contribution is 5.79. The first-order valence-corrected chi connectivity index (χ1v) is 9.57. The van der Waals surface area contributed by atoms with Crippen LogP contribution in [-0.4, -0.2) is 47.2 Å². The van der Waals surface area contributed by atoms with Crippen molar-refractivity contribution in [3.63, 3.8) is 0 Å². The zero-order valence-electron chi connectivity index (χ0n) is 16.1. The second-order valence-corrected chi connectivity index (χ2v) is 6.32. The average Bonchev–Trinajstić information content (AvgIpc) is 3.34. The molecule has 8 heteroatoms. The van der Waals surface area contributed by atoms with Gasteiger partial charge >= 0.3 is 0 Å². The Bertz CT molecular complexity index is 758. The highest BCUT2D eigenvalue weighted by Crippen LogP contribution is 2.32. The molecule has 146 valence electrons. The van der Waals surface area contributed by atoms with Crippen molar-refractivity contribution in [1.82, 2.24) is 25.4 Å². The summed E-state index contributed by atoms with van der Waals surface area (Å²) in [7, 11) is 0. The molecular formula is C19H28N6O2. The molecule has 1 aliphatic rings. The van der Waals surface area contributed by atoms with E-state index in [2.05, 4.69) is 50.3 Å². The molecule has 0 radical (unpaired) electrons. The van der Waals surface area contributed by atoms with Crippen molar-refractivity contribution in [3.8, 4) is 11.5 Å². The van der Waals surface area contributed by atoms with Crippen LogP contribution >= 0.6 is 0 Å². The molecule has 3 rings (SSSR count). The van der Waals surface area contributed by atoms with Gasteiger partial charge in [-0.15, -0.1) is 10.2 Å². The molecule has 0 unspecified atom stereocenters. The van der Waals surface area contributed by atoms with Gasteiger partial charge in [0.15, 0.2) is 17.5 Å². The summed E-state index contributed by atoms with van der Waals surface area (Å²) in [6.45, 7) is 7.68. The van der Waals surface area contributed by atoms with E-state index in [0.717, 1.165) is 68.7 Å². The Labute approximate surface area is 160 Å². The van der Waals surface area contributed by atoms with E-state index < -0.39 is 0 Å². The normalized spacial score (nSPS) is 13.0. The Kier molecular flexibility index (Phi) is 6.90. The number of ether oxygens (including phenoxy) is 2. The first-order chi connectivity index (χ1) is 13.3. The lowest BCUT2D eigenvalue weighted by molar-refractivity contribution is 0.174. The van der Waals surface area contributed by atoms with Crippen molar-refractivity contribution in [2.24, 2.45) is 4.99 Å². The summed E-state index contributed by atoms with van der Waals surface area (Å²) in [5.41, 5.74) is 1.21. The minimum absolute atomic E-state index is 0.307. The molecule has 2 aromatic rings.